The van der Waals surface area contributed by atoms with Crippen molar-refractivity contribution in [2.75, 3.05) is 11.9 Å². The van der Waals surface area contributed by atoms with Gasteiger partial charge in [0, 0.05) is 12.2 Å². The van der Waals surface area contributed by atoms with Crippen molar-refractivity contribution in [2.24, 2.45) is 11.8 Å². The van der Waals surface area contributed by atoms with Gasteiger partial charge < -0.3 is 25.6 Å². The SMILES string of the molecule is CC(C)(C)OC(=O)NC[C@H]1CC[C@H](CC(O)C(=O)Nc2ccc(CO)cc2)CC1. The van der Waals surface area contributed by atoms with Crippen molar-refractivity contribution >= 4 is 17.7 Å². The van der Waals surface area contributed by atoms with Crippen molar-refractivity contribution in [3.05, 3.63) is 29.8 Å². The molecule has 0 radical (unpaired) electrons. The largest absolute Gasteiger partial charge is 0.444 e. The first-order valence-corrected chi connectivity index (χ1v) is 10.3. The third kappa shape index (κ3) is 8.41. The summed E-state index contributed by atoms with van der Waals surface area (Å²) < 4.78 is 5.25. The summed E-state index contributed by atoms with van der Waals surface area (Å²) in [6.45, 7) is 6.05. The van der Waals surface area contributed by atoms with E-state index in [0.29, 0.717) is 30.5 Å². The number of hydrogen-bond acceptors (Lipinski definition) is 5. The van der Waals surface area contributed by atoms with Crippen molar-refractivity contribution in [1.29, 1.82) is 0 Å². The average molecular weight is 407 g/mol. The van der Waals surface area contributed by atoms with Gasteiger partial charge in [0.1, 0.15) is 11.7 Å². The summed E-state index contributed by atoms with van der Waals surface area (Å²) in [5.41, 5.74) is 0.865. The summed E-state index contributed by atoms with van der Waals surface area (Å²) in [6, 6.07) is 6.88. The molecule has 0 aromatic heterocycles. The number of aliphatic hydroxyl groups excluding tert-OH is 2. The Bertz CT molecular complexity index is 661. The summed E-state index contributed by atoms with van der Waals surface area (Å²) in [5.74, 6) is 0.288. The van der Waals surface area contributed by atoms with E-state index >= 15 is 0 Å². The monoisotopic (exact) mass is 406 g/mol. The molecule has 7 heteroatoms. The molecule has 0 spiro atoms. The third-order valence-corrected chi connectivity index (χ3v) is 5.16. The summed E-state index contributed by atoms with van der Waals surface area (Å²) in [6.07, 6.45) is 2.77. The molecule has 0 heterocycles. The average Bonchev–Trinajstić information content (AvgIpc) is 2.66. The predicted octanol–water partition coefficient (Wildman–Crippen LogP) is 3.20. The van der Waals surface area contributed by atoms with Gasteiger partial charge >= 0.3 is 6.09 Å². The highest BCUT2D eigenvalue weighted by Crippen LogP contribution is 2.31. The molecule has 0 bridgehead atoms. The quantitative estimate of drug-likeness (QED) is 0.556. The van der Waals surface area contributed by atoms with Gasteiger partial charge in [-0.05, 0) is 69.6 Å². The molecule has 0 aliphatic heterocycles. The second-order valence-electron chi connectivity index (χ2n) is 8.87. The molecule has 1 aliphatic rings. The normalized spacial score (nSPS) is 20.6. The van der Waals surface area contributed by atoms with Crippen molar-refractivity contribution in [3.63, 3.8) is 0 Å². The van der Waals surface area contributed by atoms with Gasteiger partial charge in [-0.1, -0.05) is 25.0 Å². The first-order chi connectivity index (χ1) is 13.7. The van der Waals surface area contributed by atoms with Gasteiger partial charge in [0.05, 0.1) is 6.61 Å². The van der Waals surface area contributed by atoms with E-state index in [2.05, 4.69) is 10.6 Å². The lowest BCUT2D eigenvalue weighted by atomic mass is 9.79. The number of aliphatic hydroxyl groups is 2. The number of alkyl carbamates (subject to hydrolysis) is 1. The van der Waals surface area contributed by atoms with E-state index in [1.54, 1.807) is 24.3 Å². The van der Waals surface area contributed by atoms with Crippen molar-refractivity contribution in [1.82, 2.24) is 5.32 Å². The Balaban J connectivity index is 1.68. The zero-order chi connectivity index (χ0) is 21.4. The minimum absolute atomic E-state index is 0.0488. The van der Waals surface area contributed by atoms with Gasteiger partial charge in [-0.25, -0.2) is 4.79 Å². The molecule has 29 heavy (non-hydrogen) atoms. The second kappa shape index (κ2) is 10.6. The van der Waals surface area contributed by atoms with Crippen LogP contribution in [0.1, 0.15) is 58.4 Å². The lowest BCUT2D eigenvalue weighted by molar-refractivity contribution is -0.125. The molecule has 2 amide bonds. The van der Waals surface area contributed by atoms with Crippen molar-refractivity contribution in [3.8, 4) is 0 Å². The van der Waals surface area contributed by atoms with Gasteiger partial charge in [-0.2, -0.15) is 0 Å². The number of nitrogens with one attached hydrogen (secondary N) is 2. The lowest BCUT2D eigenvalue weighted by Crippen LogP contribution is -2.36. The van der Waals surface area contributed by atoms with E-state index in [1.165, 1.54) is 0 Å². The molecule has 2 rings (SSSR count). The maximum atomic E-state index is 12.2. The number of carbonyl (C=O) groups is 2. The highest BCUT2D eigenvalue weighted by Gasteiger charge is 2.26. The topological polar surface area (TPSA) is 108 Å². The Morgan fingerprint density at radius 1 is 1.10 bits per heavy atom. The van der Waals surface area contributed by atoms with Crippen LogP contribution in [0.15, 0.2) is 24.3 Å². The molecule has 1 aromatic rings. The highest BCUT2D eigenvalue weighted by atomic mass is 16.6. The van der Waals surface area contributed by atoms with Crippen molar-refractivity contribution in [2.45, 2.75) is 71.2 Å². The number of benzene rings is 1. The smallest absolute Gasteiger partial charge is 0.407 e. The Morgan fingerprint density at radius 2 is 1.69 bits per heavy atom. The van der Waals surface area contributed by atoms with Crippen LogP contribution in [0.2, 0.25) is 0 Å². The Morgan fingerprint density at radius 3 is 2.24 bits per heavy atom. The highest BCUT2D eigenvalue weighted by molar-refractivity contribution is 5.93. The van der Waals surface area contributed by atoms with Crippen LogP contribution in [-0.4, -0.2) is 40.5 Å². The molecule has 1 aliphatic carbocycles. The van der Waals surface area contributed by atoms with Gasteiger partial charge in [0.2, 0.25) is 0 Å². The van der Waals surface area contributed by atoms with Gasteiger partial charge in [-0.15, -0.1) is 0 Å². The van der Waals surface area contributed by atoms with Gasteiger partial charge in [0.15, 0.2) is 0 Å². The summed E-state index contributed by atoms with van der Waals surface area (Å²) >= 11 is 0. The predicted molar refractivity (Wildman–Crippen MR) is 111 cm³/mol. The minimum Gasteiger partial charge on any atom is -0.444 e. The lowest BCUT2D eigenvalue weighted by Gasteiger charge is -2.30. The van der Waals surface area contributed by atoms with E-state index in [-0.39, 0.29) is 6.61 Å². The number of anilines is 1. The molecular formula is C22H34N2O5. The van der Waals surface area contributed by atoms with E-state index in [0.717, 1.165) is 31.2 Å². The Hall–Kier alpha value is -2.12. The molecular weight excluding hydrogens is 372 g/mol. The minimum atomic E-state index is -1.05. The molecule has 0 saturated heterocycles. The Labute approximate surface area is 172 Å². The summed E-state index contributed by atoms with van der Waals surface area (Å²) in [7, 11) is 0. The first-order valence-electron chi connectivity index (χ1n) is 10.3. The van der Waals surface area contributed by atoms with Crippen molar-refractivity contribution < 1.29 is 24.5 Å². The van der Waals surface area contributed by atoms with Crippen LogP contribution < -0.4 is 10.6 Å². The van der Waals surface area contributed by atoms with Crippen LogP contribution in [-0.2, 0) is 16.1 Å². The third-order valence-electron chi connectivity index (χ3n) is 5.16. The molecule has 1 fully saturated rings. The molecule has 1 atom stereocenters. The van der Waals surface area contributed by atoms with E-state index < -0.39 is 23.7 Å². The molecule has 162 valence electrons. The van der Waals surface area contributed by atoms with Crippen LogP contribution >= 0.6 is 0 Å². The number of carbonyl (C=O) groups excluding carboxylic acids is 2. The number of rotatable bonds is 7. The van der Waals surface area contributed by atoms with Crippen LogP contribution in [0.5, 0.6) is 0 Å². The molecule has 7 nitrogen and oxygen atoms in total. The second-order valence-corrected chi connectivity index (χ2v) is 8.87. The zero-order valence-corrected chi connectivity index (χ0v) is 17.6. The molecule has 4 N–H and O–H groups in total. The van der Waals surface area contributed by atoms with Crippen LogP contribution in [0, 0.1) is 11.8 Å². The molecule has 1 saturated carbocycles. The van der Waals surface area contributed by atoms with Gasteiger partial charge in [0.25, 0.3) is 5.91 Å². The number of hydrogen-bond donors (Lipinski definition) is 4. The van der Waals surface area contributed by atoms with Crippen LogP contribution in [0.25, 0.3) is 0 Å². The van der Waals surface area contributed by atoms with Gasteiger partial charge in [-0.3, -0.25) is 4.79 Å². The van der Waals surface area contributed by atoms with E-state index in [9.17, 15) is 14.7 Å². The fourth-order valence-corrected chi connectivity index (χ4v) is 3.55. The van der Waals surface area contributed by atoms with Crippen LogP contribution in [0.4, 0.5) is 10.5 Å². The summed E-state index contributed by atoms with van der Waals surface area (Å²) in [5, 5.41) is 24.8. The number of ether oxygens (including phenoxy) is 1. The maximum absolute atomic E-state index is 12.2. The van der Waals surface area contributed by atoms with Crippen LogP contribution in [0.3, 0.4) is 0 Å². The standard InChI is InChI=1S/C22H34N2O5/c1-22(2,3)29-21(28)23-13-16-6-4-15(5-7-16)12-19(26)20(27)24-18-10-8-17(14-25)9-11-18/h8-11,15-16,19,25-26H,4-7,12-14H2,1-3H3,(H,23,28)(H,24,27)/t15-,16-,19?. The molecule has 1 aromatic carbocycles. The zero-order valence-electron chi connectivity index (χ0n) is 17.6. The Kier molecular flexibility index (Phi) is 8.46. The number of amides is 2. The fraction of sp³-hybridized carbons (Fsp3) is 0.636. The molecule has 1 unspecified atom stereocenters. The first kappa shape index (κ1) is 23.2. The maximum Gasteiger partial charge on any atom is 0.407 e. The fourth-order valence-electron chi connectivity index (χ4n) is 3.55. The van der Waals surface area contributed by atoms with E-state index in [1.807, 2.05) is 20.8 Å². The van der Waals surface area contributed by atoms with E-state index in [4.69, 9.17) is 9.84 Å². The summed E-state index contributed by atoms with van der Waals surface area (Å²) in [4.78, 5) is 24.0.